The van der Waals surface area contributed by atoms with Crippen LogP contribution in [-0.2, 0) is 19.1 Å². The zero-order valence-electron chi connectivity index (χ0n) is 13.9. The lowest BCUT2D eigenvalue weighted by Gasteiger charge is -2.41. The maximum atomic E-state index is 12.2. The van der Waals surface area contributed by atoms with Crippen LogP contribution in [0.5, 0.6) is 0 Å². The summed E-state index contributed by atoms with van der Waals surface area (Å²) in [5.41, 5.74) is 0. The van der Waals surface area contributed by atoms with Crippen molar-refractivity contribution in [2.24, 2.45) is 11.8 Å². The second kappa shape index (κ2) is 8.51. The zero-order valence-corrected chi connectivity index (χ0v) is 13.9. The number of ether oxygens (including phenoxy) is 2. The van der Waals surface area contributed by atoms with Gasteiger partial charge in [-0.3, -0.25) is 14.5 Å². The Kier molecular flexibility index (Phi) is 6.68. The number of carbonyl (C=O) groups is 2. The summed E-state index contributed by atoms with van der Waals surface area (Å²) in [4.78, 5) is 26.6. The fourth-order valence-corrected chi connectivity index (χ4v) is 3.74. The summed E-state index contributed by atoms with van der Waals surface area (Å²) in [6.07, 6.45) is 6.69. The lowest BCUT2D eigenvalue weighted by Crippen LogP contribution is -2.50. The van der Waals surface area contributed by atoms with Gasteiger partial charge in [-0.2, -0.15) is 0 Å². The summed E-state index contributed by atoms with van der Waals surface area (Å²) < 4.78 is 10.4. The minimum absolute atomic E-state index is 0.169. The van der Waals surface area contributed by atoms with Gasteiger partial charge in [-0.1, -0.05) is 19.3 Å². The van der Waals surface area contributed by atoms with Crippen LogP contribution >= 0.6 is 0 Å². The average molecular weight is 311 g/mol. The lowest BCUT2D eigenvalue weighted by atomic mass is 9.85. The number of likely N-dealkylation sites (tertiary alicyclic amines) is 1. The number of piperidine rings is 1. The molecule has 1 heterocycles. The maximum absolute atomic E-state index is 12.2. The molecule has 5 heteroatoms. The summed E-state index contributed by atoms with van der Waals surface area (Å²) in [7, 11) is 0. The minimum atomic E-state index is -0.204. The Morgan fingerprint density at radius 3 is 1.86 bits per heavy atom. The summed E-state index contributed by atoms with van der Waals surface area (Å²) in [5.74, 6) is -0.746. The van der Waals surface area contributed by atoms with E-state index < -0.39 is 0 Å². The molecule has 0 aromatic carbocycles. The molecule has 0 amide bonds. The molecule has 0 aromatic heterocycles. The highest BCUT2D eigenvalue weighted by Crippen LogP contribution is 2.30. The van der Waals surface area contributed by atoms with Gasteiger partial charge in [-0.25, -0.2) is 0 Å². The molecule has 2 fully saturated rings. The van der Waals surface area contributed by atoms with Crippen molar-refractivity contribution < 1.29 is 19.1 Å². The summed E-state index contributed by atoms with van der Waals surface area (Å²) >= 11 is 0. The third-order valence-electron chi connectivity index (χ3n) is 4.81. The van der Waals surface area contributed by atoms with Crippen LogP contribution in [0.25, 0.3) is 0 Å². The molecular formula is C17H29NO4. The van der Waals surface area contributed by atoms with E-state index in [1.54, 1.807) is 0 Å². The first-order chi connectivity index (χ1) is 10.7. The first-order valence-electron chi connectivity index (χ1n) is 8.73. The topological polar surface area (TPSA) is 55.8 Å². The molecule has 2 aliphatic rings. The van der Waals surface area contributed by atoms with Crippen molar-refractivity contribution in [2.45, 2.75) is 58.4 Å². The monoisotopic (exact) mass is 311 g/mol. The van der Waals surface area contributed by atoms with Crippen molar-refractivity contribution in [1.29, 1.82) is 0 Å². The van der Waals surface area contributed by atoms with E-state index in [0.717, 1.165) is 13.1 Å². The minimum Gasteiger partial charge on any atom is -0.466 e. The molecule has 22 heavy (non-hydrogen) atoms. The van der Waals surface area contributed by atoms with E-state index in [1.165, 1.54) is 32.1 Å². The van der Waals surface area contributed by atoms with Crippen molar-refractivity contribution in [1.82, 2.24) is 4.90 Å². The van der Waals surface area contributed by atoms with Gasteiger partial charge < -0.3 is 9.47 Å². The van der Waals surface area contributed by atoms with Crippen LogP contribution in [0.1, 0.15) is 52.4 Å². The van der Waals surface area contributed by atoms with Crippen molar-refractivity contribution >= 4 is 11.9 Å². The largest absolute Gasteiger partial charge is 0.466 e. The highest BCUT2D eigenvalue weighted by Gasteiger charge is 2.39. The van der Waals surface area contributed by atoms with Gasteiger partial charge in [0.15, 0.2) is 0 Å². The van der Waals surface area contributed by atoms with E-state index in [1.807, 2.05) is 13.8 Å². The summed E-state index contributed by atoms with van der Waals surface area (Å²) in [5, 5.41) is 0. The number of hydrogen-bond donors (Lipinski definition) is 0. The van der Waals surface area contributed by atoms with Crippen LogP contribution in [0.3, 0.4) is 0 Å². The quantitative estimate of drug-likeness (QED) is 0.730. The standard InChI is InChI=1S/C17H29NO4/c1-3-21-16(19)13-10-14(17(20)22-4-2)12-18(11-13)15-8-6-5-7-9-15/h13-15H,3-12H2,1-2H3/t13-,14-/m0/s1. The van der Waals surface area contributed by atoms with E-state index in [0.29, 0.717) is 25.7 Å². The van der Waals surface area contributed by atoms with Gasteiger partial charge in [0.25, 0.3) is 0 Å². The Morgan fingerprint density at radius 1 is 0.909 bits per heavy atom. The number of carbonyl (C=O) groups excluding carboxylic acids is 2. The van der Waals surface area contributed by atoms with Gasteiger partial charge >= 0.3 is 11.9 Å². The summed E-state index contributed by atoms with van der Waals surface area (Å²) in [6.45, 7) is 5.87. The molecule has 0 spiro atoms. The highest BCUT2D eigenvalue weighted by atomic mass is 16.5. The molecule has 2 rings (SSSR count). The number of nitrogens with zero attached hydrogens (tertiary/aromatic N) is 1. The van der Waals surface area contributed by atoms with E-state index >= 15 is 0 Å². The lowest BCUT2D eigenvalue weighted by molar-refractivity contribution is -0.157. The molecular weight excluding hydrogens is 282 g/mol. The van der Waals surface area contributed by atoms with Crippen LogP contribution in [0.4, 0.5) is 0 Å². The smallest absolute Gasteiger partial charge is 0.310 e. The first-order valence-corrected chi connectivity index (χ1v) is 8.73. The number of esters is 2. The van der Waals surface area contributed by atoms with Gasteiger partial charge in [0.2, 0.25) is 0 Å². The van der Waals surface area contributed by atoms with Crippen molar-refractivity contribution in [3.63, 3.8) is 0 Å². The fourth-order valence-electron chi connectivity index (χ4n) is 3.74. The average Bonchev–Trinajstić information content (AvgIpc) is 2.55. The van der Waals surface area contributed by atoms with E-state index in [-0.39, 0.29) is 23.8 Å². The molecule has 5 nitrogen and oxygen atoms in total. The Labute approximate surface area is 133 Å². The Bertz CT molecular complexity index is 353. The van der Waals surface area contributed by atoms with Crippen LogP contribution < -0.4 is 0 Å². The number of rotatable bonds is 5. The van der Waals surface area contributed by atoms with Gasteiger partial charge in [-0.15, -0.1) is 0 Å². The molecule has 0 radical (unpaired) electrons. The maximum Gasteiger partial charge on any atom is 0.310 e. The number of hydrogen-bond acceptors (Lipinski definition) is 5. The molecule has 1 saturated carbocycles. The zero-order chi connectivity index (χ0) is 15.9. The first kappa shape index (κ1) is 17.3. The normalized spacial score (nSPS) is 27.4. The SMILES string of the molecule is CCOC(=O)[C@H]1C[C@H](C(=O)OCC)CN(C2CCCCC2)C1. The second-order valence-corrected chi connectivity index (χ2v) is 6.38. The fraction of sp³-hybridized carbons (Fsp3) is 0.882. The Hall–Kier alpha value is -1.10. The molecule has 0 N–H and O–H groups in total. The molecule has 126 valence electrons. The third-order valence-corrected chi connectivity index (χ3v) is 4.81. The predicted molar refractivity (Wildman–Crippen MR) is 83.3 cm³/mol. The van der Waals surface area contributed by atoms with E-state index in [2.05, 4.69) is 4.90 Å². The van der Waals surface area contributed by atoms with Crippen molar-refractivity contribution in [3.8, 4) is 0 Å². The molecule has 2 atom stereocenters. The van der Waals surface area contributed by atoms with Crippen molar-refractivity contribution in [2.75, 3.05) is 26.3 Å². The predicted octanol–water partition coefficient (Wildman–Crippen LogP) is 2.38. The third kappa shape index (κ3) is 4.45. The molecule has 1 saturated heterocycles. The Morgan fingerprint density at radius 2 is 1.41 bits per heavy atom. The molecule has 0 unspecified atom stereocenters. The van der Waals surface area contributed by atoms with Gasteiger partial charge in [0, 0.05) is 19.1 Å². The van der Waals surface area contributed by atoms with Crippen LogP contribution in [0, 0.1) is 11.8 Å². The summed E-state index contributed by atoms with van der Waals surface area (Å²) in [6, 6.07) is 0.503. The Balaban J connectivity index is 2.04. The van der Waals surface area contributed by atoms with Crippen molar-refractivity contribution in [3.05, 3.63) is 0 Å². The van der Waals surface area contributed by atoms with Gasteiger partial charge in [0.05, 0.1) is 25.0 Å². The molecule has 0 bridgehead atoms. The van der Waals surface area contributed by atoms with E-state index in [4.69, 9.17) is 9.47 Å². The molecule has 1 aliphatic carbocycles. The van der Waals surface area contributed by atoms with Gasteiger partial charge in [0.1, 0.15) is 0 Å². The van der Waals surface area contributed by atoms with E-state index in [9.17, 15) is 9.59 Å². The van der Waals surface area contributed by atoms with Gasteiger partial charge in [-0.05, 0) is 33.1 Å². The molecule has 0 aromatic rings. The van der Waals surface area contributed by atoms with Crippen LogP contribution in [-0.4, -0.2) is 49.2 Å². The van der Waals surface area contributed by atoms with Crippen LogP contribution in [0.2, 0.25) is 0 Å². The van der Waals surface area contributed by atoms with Crippen LogP contribution in [0.15, 0.2) is 0 Å². The molecule has 1 aliphatic heterocycles. The second-order valence-electron chi connectivity index (χ2n) is 6.38. The highest BCUT2D eigenvalue weighted by molar-refractivity contribution is 5.77.